The predicted octanol–water partition coefficient (Wildman–Crippen LogP) is 4.42. The van der Waals surface area contributed by atoms with Crippen molar-refractivity contribution in [2.45, 2.75) is 51.1 Å². The van der Waals surface area contributed by atoms with Crippen molar-refractivity contribution in [3.63, 3.8) is 0 Å². The van der Waals surface area contributed by atoms with E-state index in [2.05, 4.69) is 12.1 Å². The molecule has 1 saturated heterocycles. The monoisotopic (exact) mass is 354 g/mol. The Labute approximate surface area is 155 Å². The van der Waals surface area contributed by atoms with E-state index in [0.717, 1.165) is 25.0 Å². The average Bonchev–Trinajstić information content (AvgIpc) is 2.96. The molecule has 1 aliphatic heterocycles. The predicted molar refractivity (Wildman–Crippen MR) is 101 cm³/mol. The lowest BCUT2D eigenvalue weighted by molar-refractivity contribution is -0.143. The molecule has 2 aromatic rings. The number of hydrogen-bond donors (Lipinski definition) is 0. The van der Waals surface area contributed by atoms with Crippen molar-refractivity contribution >= 4 is 5.78 Å². The Morgan fingerprint density at radius 3 is 2.38 bits per heavy atom. The zero-order valence-electron chi connectivity index (χ0n) is 15.6. The number of carbonyl (C=O) groups excluding carboxylic acids is 1. The molecule has 26 heavy (non-hydrogen) atoms. The van der Waals surface area contributed by atoms with Crippen molar-refractivity contribution in [2.24, 2.45) is 0 Å². The van der Waals surface area contributed by atoms with E-state index in [4.69, 9.17) is 14.2 Å². The molecule has 2 atom stereocenters. The molecule has 0 bridgehead atoms. The van der Waals surface area contributed by atoms with E-state index in [1.807, 2.05) is 32.0 Å². The fourth-order valence-electron chi connectivity index (χ4n) is 3.34. The number of Topliss-reactive ketones (excluding diaryl/α,β-unsaturated/α-hetero) is 1. The van der Waals surface area contributed by atoms with Gasteiger partial charge in [-0.2, -0.15) is 0 Å². The quantitative estimate of drug-likeness (QED) is 0.691. The van der Waals surface area contributed by atoms with Gasteiger partial charge in [0, 0.05) is 5.56 Å². The van der Waals surface area contributed by atoms with Gasteiger partial charge < -0.3 is 14.2 Å². The number of methoxy groups -OCH3 is 1. The van der Waals surface area contributed by atoms with Crippen molar-refractivity contribution in [1.82, 2.24) is 0 Å². The van der Waals surface area contributed by atoms with E-state index < -0.39 is 11.9 Å². The molecular formula is C22H26O4. The maximum Gasteiger partial charge on any atom is 0.194 e. The van der Waals surface area contributed by atoms with Gasteiger partial charge in [0.25, 0.3) is 0 Å². The molecule has 0 spiro atoms. The molecule has 0 unspecified atom stereocenters. The average molecular weight is 354 g/mol. The van der Waals surface area contributed by atoms with Gasteiger partial charge in [-0.25, -0.2) is 0 Å². The first-order chi connectivity index (χ1) is 12.5. The first-order valence-corrected chi connectivity index (χ1v) is 9.06. The normalized spacial score (nSPS) is 21.5. The summed E-state index contributed by atoms with van der Waals surface area (Å²) in [4.78, 5) is 12.9. The molecule has 3 rings (SSSR count). The maximum atomic E-state index is 12.9. The number of ketones is 1. The third-order valence-electron chi connectivity index (χ3n) is 4.61. The minimum absolute atomic E-state index is 0.0389. The molecule has 0 amide bonds. The second-order valence-corrected chi connectivity index (χ2v) is 7.07. The number of carbonyl (C=O) groups is 1. The molecule has 4 heteroatoms. The van der Waals surface area contributed by atoms with Crippen molar-refractivity contribution in [1.29, 1.82) is 0 Å². The SMILES string of the molecule is COc1ccc(C(=O)[C@@H]2OC(C)(C)O[C@@H]2CCCc2ccccc2)cc1. The molecule has 4 nitrogen and oxygen atoms in total. The van der Waals surface area contributed by atoms with Crippen LogP contribution in [0.25, 0.3) is 0 Å². The van der Waals surface area contributed by atoms with Crippen LogP contribution in [0, 0.1) is 0 Å². The summed E-state index contributed by atoms with van der Waals surface area (Å²) in [6, 6.07) is 17.5. The van der Waals surface area contributed by atoms with E-state index in [1.54, 1.807) is 31.4 Å². The number of hydrogen-bond acceptors (Lipinski definition) is 4. The van der Waals surface area contributed by atoms with Gasteiger partial charge in [0.15, 0.2) is 11.6 Å². The first kappa shape index (κ1) is 18.6. The Hall–Kier alpha value is -2.17. The van der Waals surface area contributed by atoms with Gasteiger partial charge in [-0.15, -0.1) is 0 Å². The van der Waals surface area contributed by atoms with Crippen LogP contribution in [0.1, 0.15) is 42.6 Å². The topological polar surface area (TPSA) is 44.8 Å². The van der Waals surface area contributed by atoms with Crippen molar-refractivity contribution in [2.75, 3.05) is 7.11 Å². The summed E-state index contributed by atoms with van der Waals surface area (Å²) >= 11 is 0. The van der Waals surface area contributed by atoms with Gasteiger partial charge in [-0.3, -0.25) is 4.79 Å². The highest BCUT2D eigenvalue weighted by atomic mass is 16.8. The van der Waals surface area contributed by atoms with Crippen LogP contribution < -0.4 is 4.74 Å². The van der Waals surface area contributed by atoms with Crippen molar-refractivity contribution in [3.8, 4) is 5.75 Å². The smallest absolute Gasteiger partial charge is 0.194 e. The van der Waals surface area contributed by atoms with Crippen LogP contribution >= 0.6 is 0 Å². The third-order valence-corrected chi connectivity index (χ3v) is 4.61. The summed E-state index contributed by atoms with van der Waals surface area (Å²) in [5.74, 6) is -0.0580. The zero-order valence-corrected chi connectivity index (χ0v) is 15.6. The zero-order chi connectivity index (χ0) is 18.6. The summed E-state index contributed by atoms with van der Waals surface area (Å²) in [5, 5.41) is 0. The highest BCUT2D eigenvalue weighted by Crippen LogP contribution is 2.33. The van der Waals surface area contributed by atoms with Crippen molar-refractivity contribution in [3.05, 3.63) is 65.7 Å². The molecule has 0 aliphatic carbocycles. The van der Waals surface area contributed by atoms with E-state index >= 15 is 0 Å². The van der Waals surface area contributed by atoms with Crippen LogP contribution in [0.3, 0.4) is 0 Å². The van der Waals surface area contributed by atoms with Gasteiger partial charge in [0.1, 0.15) is 11.9 Å². The molecule has 138 valence electrons. The largest absolute Gasteiger partial charge is 0.497 e. The third kappa shape index (κ3) is 4.51. The Kier molecular flexibility index (Phi) is 5.74. The number of benzene rings is 2. The van der Waals surface area contributed by atoms with E-state index in [-0.39, 0.29) is 11.9 Å². The summed E-state index contributed by atoms with van der Waals surface area (Å²) in [6.45, 7) is 3.72. The van der Waals surface area contributed by atoms with E-state index in [9.17, 15) is 4.79 Å². The fourth-order valence-corrected chi connectivity index (χ4v) is 3.34. The molecule has 0 saturated carbocycles. The lowest BCUT2D eigenvalue weighted by atomic mass is 9.97. The maximum absolute atomic E-state index is 12.9. The van der Waals surface area contributed by atoms with Gasteiger partial charge in [0.05, 0.1) is 13.2 Å². The minimum atomic E-state index is -0.746. The Balaban J connectivity index is 1.65. The summed E-state index contributed by atoms with van der Waals surface area (Å²) in [7, 11) is 1.61. The lowest BCUT2D eigenvalue weighted by Crippen LogP contribution is -2.31. The summed E-state index contributed by atoms with van der Waals surface area (Å²) in [6.07, 6.45) is 1.88. The number of aryl methyl sites for hydroxylation is 1. The highest BCUT2D eigenvalue weighted by Gasteiger charge is 2.44. The van der Waals surface area contributed by atoms with Crippen molar-refractivity contribution < 1.29 is 19.0 Å². The molecule has 0 N–H and O–H groups in total. The van der Waals surface area contributed by atoms with Gasteiger partial charge in [0.2, 0.25) is 0 Å². The van der Waals surface area contributed by atoms with Crippen LogP contribution in [0.5, 0.6) is 5.75 Å². The van der Waals surface area contributed by atoms with Crippen LogP contribution in [0.2, 0.25) is 0 Å². The second kappa shape index (κ2) is 8.02. The fraction of sp³-hybridized carbons (Fsp3) is 0.409. The summed E-state index contributed by atoms with van der Waals surface area (Å²) in [5.41, 5.74) is 1.91. The second-order valence-electron chi connectivity index (χ2n) is 7.07. The number of ether oxygens (including phenoxy) is 3. The van der Waals surface area contributed by atoms with Crippen LogP contribution in [0.15, 0.2) is 54.6 Å². The number of rotatable bonds is 7. The molecule has 1 heterocycles. The first-order valence-electron chi connectivity index (χ1n) is 9.06. The Morgan fingerprint density at radius 2 is 1.73 bits per heavy atom. The van der Waals surface area contributed by atoms with Crippen LogP contribution in [-0.4, -0.2) is 30.9 Å². The molecule has 1 fully saturated rings. The molecule has 0 aromatic heterocycles. The standard InChI is InChI=1S/C22H26O4/c1-22(2)25-19(11-7-10-16-8-5-4-6-9-16)21(26-22)20(23)17-12-14-18(24-3)15-13-17/h4-6,8-9,12-15,19,21H,7,10-11H2,1-3H3/t19-,21-/m1/s1. The van der Waals surface area contributed by atoms with Gasteiger partial charge in [-0.05, 0) is 62.9 Å². The lowest BCUT2D eigenvalue weighted by Gasteiger charge is -2.16. The molecular weight excluding hydrogens is 328 g/mol. The van der Waals surface area contributed by atoms with E-state index in [0.29, 0.717) is 5.56 Å². The minimum Gasteiger partial charge on any atom is -0.497 e. The summed E-state index contributed by atoms with van der Waals surface area (Å²) < 4.78 is 17.1. The van der Waals surface area contributed by atoms with Gasteiger partial charge >= 0.3 is 0 Å². The van der Waals surface area contributed by atoms with Crippen LogP contribution in [0.4, 0.5) is 0 Å². The highest BCUT2D eigenvalue weighted by molar-refractivity contribution is 6.00. The molecule has 1 aliphatic rings. The molecule has 2 aromatic carbocycles. The van der Waals surface area contributed by atoms with Crippen LogP contribution in [-0.2, 0) is 15.9 Å². The Bertz CT molecular complexity index is 722. The van der Waals surface area contributed by atoms with Gasteiger partial charge in [-0.1, -0.05) is 30.3 Å². The molecule has 0 radical (unpaired) electrons. The Morgan fingerprint density at radius 1 is 1.04 bits per heavy atom. The van der Waals surface area contributed by atoms with E-state index in [1.165, 1.54) is 5.56 Å².